The predicted octanol–water partition coefficient (Wildman–Crippen LogP) is 2.87. The van der Waals surface area contributed by atoms with Gasteiger partial charge in [-0.25, -0.2) is 0 Å². The van der Waals surface area contributed by atoms with Gasteiger partial charge in [0.15, 0.2) is 0 Å². The Labute approximate surface area is 104 Å². The van der Waals surface area contributed by atoms with Crippen molar-refractivity contribution in [2.75, 3.05) is 12.4 Å². The van der Waals surface area contributed by atoms with Gasteiger partial charge in [-0.3, -0.25) is 0 Å². The second-order valence-electron chi connectivity index (χ2n) is 3.44. The third-order valence-electron chi connectivity index (χ3n) is 2.23. The molecule has 1 N–H and O–H groups in total. The number of aromatic nitrogens is 2. The van der Waals surface area contributed by atoms with Crippen LogP contribution in [0.3, 0.4) is 0 Å². The lowest BCUT2D eigenvalue weighted by atomic mass is 10.2. The Morgan fingerprint density at radius 1 is 1.41 bits per heavy atom. The minimum atomic E-state index is 0.205. The molecule has 6 heteroatoms. The summed E-state index contributed by atoms with van der Waals surface area (Å²) in [5, 5.41) is 10.6. The first-order valence-electron chi connectivity index (χ1n) is 5.03. The van der Waals surface area contributed by atoms with Gasteiger partial charge < -0.3 is 14.5 Å². The van der Waals surface area contributed by atoms with Crippen LogP contribution < -0.4 is 10.1 Å². The van der Waals surface area contributed by atoms with E-state index in [2.05, 4.69) is 15.5 Å². The molecule has 0 unspecified atom stereocenters. The zero-order chi connectivity index (χ0) is 12.3. The SMILES string of the molecule is COc1ccc(Nc2nnc(CCl)o2)cc1C. The summed E-state index contributed by atoms with van der Waals surface area (Å²) >= 11 is 5.57. The molecule has 2 rings (SSSR count). The van der Waals surface area contributed by atoms with Crippen molar-refractivity contribution in [1.29, 1.82) is 0 Å². The van der Waals surface area contributed by atoms with Crippen LogP contribution in [0.25, 0.3) is 0 Å². The maximum absolute atomic E-state index is 5.57. The fourth-order valence-electron chi connectivity index (χ4n) is 1.44. The summed E-state index contributed by atoms with van der Waals surface area (Å²) in [5.74, 6) is 1.43. The molecule has 0 atom stereocenters. The number of aryl methyl sites for hydroxylation is 1. The highest BCUT2D eigenvalue weighted by Crippen LogP contribution is 2.23. The predicted molar refractivity (Wildman–Crippen MR) is 64.9 cm³/mol. The number of methoxy groups -OCH3 is 1. The Balaban J connectivity index is 2.15. The molecule has 0 spiro atoms. The lowest BCUT2D eigenvalue weighted by Gasteiger charge is -2.06. The molecule has 0 bridgehead atoms. The highest BCUT2D eigenvalue weighted by molar-refractivity contribution is 6.16. The average molecular weight is 254 g/mol. The Bertz CT molecular complexity index is 513. The van der Waals surface area contributed by atoms with Crippen molar-refractivity contribution in [3.05, 3.63) is 29.7 Å². The van der Waals surface area contributed by atoms with Gasteiger partial charge in [0, 0.05) is 5.69 Å². The summed E-state index contributed by atoms with van der Waals surface area (Å²) < 4.78 is 10.4. The van der Waals surface area contributed by atoms with Gasteiger partial charge in [-0.1, -0.05) is 5.10 Å². The van der Waals surface area contributed by atoms with E-state index in [1.165, 1.54) is 0 Å². The zero-order valence-corrected chi connectivity index (χ0v) is 10.3. The first-order chi connectivity index (χ1) is 8.22. The maximum Gasteiger partial charge on any atom is 0.320 e. The van der Waals surface area contributed by atoms with E-state index in [1.54, 1.807) is 7.11 Å². The average Bonchev–Trinajstić information content (AvgIpc) is 2.77. The molecule has 0 amide bonds. The normalized spacial score (nSPS) is 10.3. The molecule has 0 aliphatic carbocycles. The number of rotatable bonds is 4. The Morgan fingerprint density at radius 3 is 2.82 bits per heavy atom. The van der Waals surface area contributed by atoms with E-state index in [0.717, 1.165) is 17.0 Å². The van der Waals surface area contributed by atoms with Crippen molar-refractivity contribution < 1.29 is 9.15 Å². The van der Waals surface area contributed by atoms with E-state index in [4.69, 9.17) is 20.8 Å². The quantitative estimate of drug-likeness (QED) is 0.849. The second-order valence-corrected chi connectivity index (χ2v) is 3.71. The largest absolute Gasteiger partial charge is 0.496 e. The van der Waals surface area contributed by atoms with Crippen LogP contribution in [0.2, 0.25) is 0 Å². The van der Waals surface area contributed by atoms with Crippen LogP contribution in [-0.4, -0.2) is 17.3 Å². The molecule has 1 heterocycles. The monoisotopic (exact) mass is 253 g/mol. The molecular formula is C11H12ClN3O2. The fraction of sp³-hybridized carbons (Fsp3) is 0.273. The van der Waals surface area contributed by atoms with E-state index in [1.807, 2.05) is 25.1 Å². The van der Waals surface area contributed by atoms with Crippen LogP contribution in [0.5, 0.6) is 5.75 Å². The molecule has 0 aliphatic heterocycles. The van der Waals surface area contributed by atoms with Crippen molar-refractivity contribution in [2.24, 2.45) is 0 Å². The van der Waals surface area contributed by atoms with E-state index >= 15 is 0 Å². The van der Waals surface area contributed by atoms with Gasteiger partial charge in [-0.2, -0.15) is 0 Å². The highest BCUT2D eigenvalue weighted by atomic mass is 35.5. The van der Waals surface area contributed by atoms with Crippen LogP contribution in [0, 0.1) is 6.92 Å². The number of nitrogens with one attached hydrogen (secondary N) is 1. The number of hydrogen-bond donors (Lipinski definition) is 1. The molecule has 0 saturated heterocycles. The summed E-state index contributed by atoms with van der Waals surface area (Å²) in [6, 6.07) is 6.00. The smallest absolute Gasteiger partial charge is 0.320 e. The zero-order valence-electron chi connectivity index (χ0n) is 9.53. The van der Waals surface area contributed by atoms with Crippen LogP contribution in [-0.2, 0) is 5.88 Å². The standard InChI is InChI=1S/C11H12ClN3O2/c1-7-5-8(3-4-9(7)16-2)13-11-15-14-10(6-12)17-11/h3-5H,6H2,1-2H3,(H,13,15). The van der Waals surface area contributed by atoms with Crippen molar-refractivity contribution in [3.63, 3.8) is 0 Å². The van der Waals surface area contributed by atoms with Gasteiger partial charge in [0.1, 0.15) is 11.6 Å². The molecule has 5 nitrogen and oxygen atoms in total. The highest BCUT2D eigenvalue weighted by Gasteiger charge is 2.06. The summed E-state index contributed by atoms with van der Waals surface area (Å²) in [7, 11) is 1.64. The lowest BCUT2D eigenvalue weighted by Crippen LogP contribution is -1.93. The van der Waals surface area contributed by atoms with Gasteiger partial charge in [0.05, 0.1) is 7.11 Å². The molecule has 90 valence electrons. The summed E-state index contributed by atoms with van der Waals surface area (Å²) in [6.07, 6.45) is 0. The van der Waals surface area contributed by atoms with Crippen molar-refractivity contribution in [1.82, 2.24) is 10.2 Å². The van der Waals surface area contributed by atoms with Gasteiger partial charge in [0.25, 0.3) is 0 Å². The third kappa shape index (κ3) is 2.68. The van der Waals surface area contributed by atoms with Crippen LogP contribution in [0.15, 0.2) is 22.6 Å². The molecule has 17 heavy (non-hydrogen) atoms. The van der Waals surface area contributed by atoms with Crippen molar-refractivity contribution in [3.8, 4) is 5.75 Å². The minimum Gasteiger partial charge on any atom is -0.496 e. The number of anilines is 2. The molecular weight excluding hydrogens is 242 g/mol. The topological polar surface area (TPSA) is 60.2 Å². The lowest BCUT2D eigenvalue weighted by molar-refractivity contribution is 0.412. The molecule has 1 aromatic carbocycles. The third-order valence-corrected chi connectivity index (χ3v) is 2.46. The van der Waals surface area contributed by atoms with Gasteiger partial charge >= 0.3 is 6.01 Å². The second kappa shape index (κ2) is 5.05. The van der Waals surface area contributed by atoms with E-state index in [9.17, 15) is 0 Å². The fourth-order valence-corrected chi connectivity index (χ4v) is 1.55. The Hall–Kier alpha value is -1.75. The van der Waals surface area contributed by atoms with Crippen molar-refractivity contribution in [2.45, 2.75) is 12.8 Å². The molecule has 0 saturated carbocycles. The number of hydrogen-bond acceptors (Lipinski definition) is 5. The number of halogens is 1. The number of nitrogens with zero attached hydrogens (tertiary/aromatic N) is 2. The van der Waals surface area contributed by atoms with Crippen LogP contribution >= 0.6 is 11.6 Å². The molecule has 2 aromatic rings. The summed E-state index contributed by atoms with van der Waals surface area (Å²) in [5.41, 5.74) is 1.88. The molecule has 1 aromatic heterocycles. The summed E-state index contributed by atoms with van der Waals surface area (Å²) in [6.45, 7) is 1.96. The molecule has 0 radical (unpaired) electrons. The van der Waals surface area contributed by atoms with Crippen molar-refractivity contribution >= 4 is 23.3 Å². The van der Waals surface area contributed by atoms with E-state index in [-0.39, 0.29) is 5.88 Å². The first-order valence-corrected chi connectivity index (χ1v) is 5.56. The van der Waals surface area contributed by atoms with E-state index in [0.29, 0.717) is 11.9 Å². The first kappa shape index (κ1) is 11.7. The number of alkyl halides is 1. The number of ether oxygens (including phenoxy) is 1. The van der Waals surface area contributed by atoms with Crippen LogP contribution in [0.4, 0.5) is 11.7 Å². The van der Waals surface area contributed by atoms with Gasteiger partial charge in [0.2, 0.25) is 5.89 Å². The minimum absolute atomic E-state index is 0.205. The Kier molecular flexibility index (Phi) is 3.49. The van der Waals surface area contributed by atoms with Crippen LogP contribution in [0.1, 0.15) is 11.5 Å². The maximum atomic E-state index is 5.57. The Morgan fingerprint density at radius 2 is 2.24 bits per heavy atom. The molecule has 0 fully saturated rings. The van der Waals surface area contributed by atoms with Gasteiger partial charge in [-0.05, 0) is 30.7 Å². The van der Waals surface area contributed by atoms with E-state index < -0.39 is 0 Å². The summed E-state index contributed by atoms with van der Waals surface area (Å²) in [4.78, 5) is 0. The molecule has 0 aliphatic rings. The number of benzene rings is 1. The van der Waals surface area contributed by atoms with Gasteiger partial charge in [-0.15, -0.1) is 16.7 Å².